The third-order valence-electron chi connectivity index (χ3n) is 6.84. The number of nitrogen functional groups attached to an aromatic ring is 1. The fourth-order valence-electron chi connectivity index (χ4n) is 4.64. The summed E-state index contributed by atoms with van der Waals surface area (Å²) in [6.45, 7) is -0.989. The number of anilines is 1. The summed E-state index contributed by atoms with van der Waals surface area (Å²) in [5.41, 5.74) is 4.35. The van der Waals surface area contributed by atoms with Gasteiger partial charge in [0.1, 0.15) is 35.1 Å². The molecule has 15 heteroatoms. The predicted molar refractivity (Wildman–Crippen MR) is 122 cm³/mol. The van der Waals surface area contributed by atoms with E-state index < -0.39 is 48.7 Å². The van der Waals surface area contributed by atoms with Gasteiger partial charge in [0.2, 0.25) is 11.8 Å². The maximum absolute atomic E-state index is 14.8. The highest BCUT2D eigenvalue weighted by atomic mass is 19.4. The van der Waals surface area contributed by atoms with Crippen molar-refractivity contribution in [1.29, 1.82) is 5.26 Å². The summed E-state index contributed by atoms with van der Waals surface area (Å²) in [7, 11) is 1.26. The molecule has 2 amide bonds. The molecule has 11 nitrogen and oxygen atoms in total. The van der Waals surface area contributed by atoms with Crippen LogP contribution in [0.2, 0.25) is 0 Å². The lowest BCUT2D eigenvalue weighted by atomic mass is 10.1. The number of amides is 2. The number of fused-ring (bicyclic) bond motifs is 1. The zero-order valence-electron chi connectivity index (χ0n) is 19.8. The summed E-state index contributed by atoms with van der Waals surface area (Å²) < 4.78 is 61.4. The minimum atomic E-state index is -4.72. The van der Waals surface area contributed by atoms with Crippen LogP contribution in [0.4, 0.5) is 23.4 Å². The Kier molecular flexibility index (Phi) is 5.85. The monoisotopic (exact) mass is 532 g/mol. The van der Waals surface area contributed by atoms with Gasteiger partial charge in [0.25, 0.3) is 5.91 Å². The van der Waals surface area contributed by atoms with Crippen LogP contribution in [0.15, 0.2) is 24.7 Å². The number of halogens is 4. The quantitative estimate of drug-likeness (QED) is 0.473. The lowest BCUT2D eigenvalue weighted by molar-refractivity contribution is -0.198. The van der Waals surface area contributed by atoms with Crippen LogP contribution in [-0.4, -0.2) is 74.9 Å². The standard InChI is InChI=1S/C23H20F4N8O3/c1-38-20-13(4-12(7-30-20)17-11(6-28)5-16-18(29)31-10-32-35(16)17)19(36)33-15-9-34(8-14(15)24)21(37)22(2-3-22)23(25,26)27/h4-5,7,10,14-15H,2-3,8-9H2,1H3,(H,33,36)(H2,29,31,32)/t14-,15+/m0/s1. The molecule has 2 aliphatic rings. The van der Waals surface area contributed by atoms with Crippen LogP contribution in [0.5, 0.6) is 5.88 Å². The van der Waals surface area contributed by atoms with E-state index in [1.54, 1.807) is 0 Å². The van der Waals surface area contributed by atoms with Gasteiger partial charge in [-0.1, -0.05) is 0 Å². The average Bonchev–Trinajstić information content (AvgIpc) is 3.52. The number of nitrogens with one attached hydrogen (secondary N) is 1. The van der Waals surface area contributed by atoms with Crippen molar-refractivity contribution >= 4 is 23.1 Å². The van der Waals surface area contributed by atoms with Gasteiger partial charge < -0.3 is 20.7 Å². The van der Waals surface area contributed by atoms with Crippen LogP contribution in [0.25, 0.3) is 16.8 Å². The van der Waals surface area contributed by atoms with Crippen molar-refractivity contribution in [3.8, 4) is 23.2 Å². The molecule has 198 valence electrons. The van der Waals surface area contributed by atoms with E-state index in [0.29, 0.717) is 5.52 Å². The second-order valence-electron chi connectivity index (χ2n) is 9.13. The van der Waals surface area contributed by atoms with Crippen molar-refractivity contribution in [2.24, 2.45) is 5.41 Å². The molecule has 1 aliphatic carbocycles. The topological polar surface area (TPSA) is 152 Å². The van der Waals surface area contributed by atoms with Crippen LogP contribution in [-0.2, 0) is 4.79 Å². The Bertz CT molecular complexity index is 1490. The van der Waals surface area contributed by atoms with Crippen molar-refractivity contribution in [1.82, 2.24) is 29.8 Å². The molecule has 0 radical (unpaired) electrons. The summed E-state index contributed by atoms with van der Waals surface area (Å²) in [5, 5.41) is 16.2. The fraction of sp³-hybridized carbons (Fsp3) is 0.391. The first-order valence-electron chi connectivity index (χ1n) is 11.4. The van der Waals surface area contributed by atoms with Crippen LogP contribution in [0, 0.1) is 16.7 Å². The summed E-state index contributed by atoms with van der Waals surface area (Å²) in [4.78, 5) is 34.5. The molecule has 2 fully saturated rings. The molecule has 0 unspecified atom stereocenters. The average molecular weight is 532 g/mol. The molecule has 0 bridgehead atoms. The van der Waals surface area contributed by atoms with Crippen molar-refractivity contribution < 1.29 is 31.9 Å². The highest BCUT2D eigenvalue weighted by Crippen LogP contribution is 2.58. The Balaban J connectivity index is 1.42. The lowest BCUT2D eigenvalue weighted by Gasteiger charge is -2.24. The minimum Gasteiger partial charge on any atom is -0.480 e. The zero-order valence-corrected chi connectivity index (χ0v) is 19.8. The SMILES string of the molecule is COc1ncc(-c2c(C#N)cc3c(N)ncnn23)cc1C(=O)N[C@@H]1CN(C(=O)C2(C(F)(F)F)CC2)C[C@@H]1F. The summed E-state index contributed by atoms with van der Waals surface area (Å²) >= 11 is 0. The molecule has 1 saturated carbocycles. The van der Waals surface area contributed by atoms with E-state index in [2.05, 4.69) is 20.4 Å². The van der Waals surface area contributed by atoms with Crippen LogP contribution in [0.3, 0.4) is 0 Å². The van der Waals surface area contributed by atoms with Gasteiger partial charge in [-0.25, -0.2) is 18.9 Å². The van der Waals surface area contributed by atoms with Crippen molar-refractivity contribution in [2.75, 3.05) is 25.9 Å². The maximum atomic E-state index is 14.8. The number of alkyl halides is 4. The Morgan fingerprint density at radius 1 is 1.26 bits per heavy atom. The lowest BCUT2D eigenvalue weighted by Crippen LogP contribution is -2.45. The number of nitriles is 1. The number of methoxy groups -OCH3 is 1. The Morgan fingerprint density at radius 2 is 2.00 bits per heavy atom. The third kappa shape index (κ3) is 3.92. The largest absolute Gasteiger partial charge is 0.480 e. The Labute approximate surface area is 212 Å². The first-order chi connectivity index (χ1) is 18.0. The van der Waals surface area contributed by atoms with Gasteiger partial charge in [-0.3, -0.25) is 9.59 Å². The van der Waals surface area contributed by atoms with Gasteiger partial charge in [0.05, 0.1) is 31.0 Å². The van der Waals surface area contributed by atoms with E-state index in [1.807, 2.05) is 6.07 Å². The third-order valence-corrected chi connectivity index (χ3v) is 6.84. The molecule has 4 heterocycles. The normalized spacial score (nSPS) is 20.3. The molecular formula is C23H20F4N8O3. The molecule has 3 N–H and O–H groups in total. The molecule has 1 aliphatic heterocycles. The number of carbonyl (C=O) groups is 2. The van der Waals surface area contributed by atoms with E-state index in [4.69, 9.17) is 10.5 Å². The number of nitrogens with zero attached hydrogens (tertiary/aromatic N) is 6. The summed E-state index contributed by atoms with van der Waals surface area (Å²) in [5.74, 6) is -2.01. The van der Waals surface area contributed by atoms with E-state index in [-0.39, 0.29) is 46.9 Å². The molecule has 0 spiro atoms. The fourth-order valence-corrected chi connectivity index (χ4v) is 4.64. The second kappa shape index (κ2) is 8.82. The molecular weight excluding hydrogens is 512 g/mol. The number of aromatic nitrogens is 4. The highest BCUT2D eigenvalue weighted by molar-refractivity contribution is 5.98. The van der Waals surface area contributed by atoms with Crippen molar-refractivity contribution in [2.45, 2.75) is 31.2 Å². The molecule has 38 heavy (non-hydrogen) atoms. The number of carbonyl (C=O) groups excluding carboxylic acids is 2. The maximum Gasteiger partial charge on any atom is 0.403 e. The first kappa shape index (κ1) is 25.2. The summed E-state index contributed by atoms with van der Waals surface area (Å²) in [6.07, 6.45) is -4.66. The van der Waals surface area contributed by atoms with Crippen LogP contribution < -0.4 is 15.8 Å². The number of pyridine rings is 1. The van der Waals surface area contributed by atoms with Crippen LogP contribution in [0.1, 0.15) is 28.8 Å². The van der Waals surface area contributed by atoms with Gasteiger partial charge in [0.15, 0.2) is 5.82 Å². The van der Waals surface area contributed by atoms with E-state index in [1.165, 1.54) is 36.3 Å². The number of rotatable bonds is 5. The first-order valence-corrected chi connectivity index (χ1v) is 11.4. The van der Waals surface area contributed by atoms with Crippen molar-refractivity contribution in [3.63, 3.8) is 0 Å². The molecule has 2 atom stereocenters. The predicted octanol–water partition coefficient (Wildman–Crippen LogP) is 1.87. The second-order valence-corrected chi connectivity index (χ2v) is 9.13. The zero-order chi connectivity index (χ0) is 27.4. The van der Waals surface area contributed by atoms with E-state index in [9.17, 15) is 32.4 Å². The smallest absolute Gasteiger partial charge is 0.403 e. The van der Waals surface area contributed by atoms with Gasteiger partial charge in [-0.2, -0.15) is 23.5 Å². The number of likely N-dealkylation sites (tertiary alicyclic amines) is 1. The van der Waals surface area contributed by atoms with Gasteiger partial charge in [-0.15, -0.1) is 0 Å². The molecule has 5 rings (SSSR count). The minimum absolute atomic E-state index is 0.116. The Hall–Kier alpha value is -4.48. The van der Waals surface area contributed by atoms with Crippen LogP contribution >= 0.6 is 0 Å². The van der Waals surface area contributed by atoms with Gasteiger partial charge in [0, 0.05) is 18.3 Å². The molecule has 3 aromatic rings. The molecule has 0 aromatic carbocycles. The van der Waals surface area contributed by atoms with Crippen molar-refractivity contribution in [3.05, 3.63) is 35.8 Å². The number of hydrogen-bond donors (Lipinski definition) is 2. The summed E-state index contributed by atoms with van der Waals surface area (Å²) in [6, 6.07) is 3.60. The highest BCUT2D eigenvalue weighted by Gasteiger charge is 2.69. The molecule has 1 saturated heterocycles. The van der Waals surface area contributed by atoms with Gasteiger partial charge >= 0.3 is 6.18 Å². The number of hydrogen-bond acceptors (Lipinski definition) is 8. The van der Waals surface area contributed by atoms with E-state index >= 15 is 0 Å². The molecule has 3 aromatic heterocycles. The number of ether oxygens (including phenoxy) is 1. The van der Waals surface area contributed by atoms with E-state index in [0.717, 1.165) is 4.90 Å². The Morgan fingerprint density at radius 3 is 2.63 bits per heavy atom. The number of nitrogens with two attached hydrogens (primary N) is 1. The van der Waals surface area contributed by atoms with Gasteiger partial charge in [-0.05, 0) is 25.0 Å².